The number of ether oxygens (including phenoxy) is 4. The standard InChI is InChI=1S/C30H23ClN2O6S/c1-3-37-29(35)25-26(17-7-5-4-6-8-17)32-30-33(27(25)18-9-11-20(36-2)12-10-18)28(34)24(40-30)14-19-13-22-23(15-21(19)31)39-16-38-22/h4-15,27H,3,16H2,1-2H3/b24-14+/t27-/m1/s1. The van der Waals surface area contributed by atoms with Crippen molar-refractivity contribution in [1.29, 1.82) is 0 Å². The van der Waals surface area contributed by atoms with Crippen LogP contribution in [0.15, 0.2) is 82.1 Å². The number of fused-ring (bicyclic) bond motifs is 2. The SMILES string of the molecule is CCOC(=O)C1=C(c2ccccc2)N=c2s/c(=C/c3cc4c(cc3Cl)OCO4)c(=O)n2[C@@H]1c1ccc(OC)cc1. The molecular formula is C30H23ClN2O6S. The Morgan fingerprint density at radius 2 is 1.85 bits per heavy atom. The van der Waals surface area contributed by atoms with E-state index in [-0.39, 0.29) is 24.5 Å². The van der Waals surface area contributed by atoms with Crippen molar-refractivity contribution in [3.63, 3.8) is 0 Å². The van der Waals surface area contributed by atoms with Crippen molar-refractivity contribution in [2.75, 3.05) is 20.5 Å². The topological polar surface area (TPSA) is 88.4 Å². The van der Waals surface area contributed by atoms with E-state index in [9.17, 15) is 9.59 Å². The lowest BCUT2D eigenvalue weighted by Crippen LogP contribution is -2.40. The molecule has 0 amide bonds. The largest absolute Gasteiger partial charge is 0.497 e. The minimum absolute atomic E-state index is 0.109. The van der Waals surface area contributed by atoms with E-state index in [1.54, 1.807) is 44.4 Å². The van der Waals surface area contributed by atoms with Gasteiger partial charge in [0.25, 0.3) is 5.56 Å². The number of hydrogen-bond acceptors (Lipinski definition) is 8. The Morgan fingerprint density at radius 3 is 2.55 bits per heavy atom. The number of carbonyl (C=O) groups excluding carboxylic acids is 1. The average Bonchev–Trinajstić information content (AvgIpc) is 3.56. The summed E-state index contributed by atoms with van der Waals surface area (Å²) in [6, 6.07) is 19.3. The van der Waals surface area contributed by atoms with Crippen LogP contribution >= 0.6 is 22.9 Å². The number of benzene rings is 3. The van der Waals surface area contributed by atoms with Crippen LogP contribution in [-0.2, 0) is 9.53 Å². The first-order valence-corrected chi connectivity index (χ1v) is 13.7. The fourth-order valence-electron chi connectivity index (χ4n) is 4.73. The highest BCUT2D eigenvalue weighted by atomic mass is 35.5. The van der Waals surface area contributed by atoms with Gasteiger partial charge in [-0.05, 0) is 42.3 Å². The van der Waals surface area contributed by atoms with E-state index in [1.807, 2.05) is 42.5 Å². The number of esters is 1. The predicted molar refractivity (Wildman–Crippen MR) is 152 cm³/mol. The summed E-state index contributed by atoms with van der Waals surface area (Å²) in [6.07, 6.45) is 1.70. The van der Waals surface area contributed by atoms with Gasteiger partial charge in [-0.3, -0.25) is 9.36 Å². The molecule has 0 saturated heterocycles. The van der Waals surface area contributed by atoms with Crippen LogP contribution in [-0.4, -0.2) is 31.0 Å². The highest BCUT2D eigenvalue weighted by molar-refractivity contribution is 7.07. The molecule has 202 valence electrons. The third-order valence-corrected chi connectivity index (χ3v) is 7.89. The molecule has 0 N–H and O–H groups in total. The zero-order chi connectivity index (χ0) is 27.8. The van der Waals surface area contributed by atoms with Crippen molar-refractivity contribution >= 4 is 40.7 Å². The molecule has 1 atom stereocenters. The number of halogens is 1. The summed E-state index contributed by atoms with van der Waals surface area (Å²) in [5.41, 5.74) is 2.46. The van der Waals surface area contributed by atoms with E-state index in [0.29, 0.717) is 48.4 Å². The summed E-state index contributed by atoms with van der Waals surface area (Å²) in [7, 11) is 1.58. The monoisotopic (exact) mass is 574 g/mol. The van der Waals surface area contributed by atoms with Crippen LogP contribution in [0.3, 0.4) is 0 Å². The van der Waals surface area contributed by atoms with Gasteiger partial charge in [-0.25, -0.2) is 9.79 Å². The molecule has 3 heterocycles. The first kappa shape index (κ1) is 25.9. The van der Waals surface area contributed by atoms with E-state index >= 15 is 0 Å². The van der Waals surface area contributed by atoms with Gasteiger partial charge >= 0.3 is 5.97 Å². The molecule has 0 spiro atoms. The molecule has 0 aliphatic carbocycles. The van der Waals surface area contributed by atoms with Gasteiger partial charge < -0.3 is 18.9 Å². The highest BCUT2D eigenvalue weighted by Gasteiger charge is 2.35. The van der Waals surface area contributed by atoms with Gasteiger partial charge in [-0.1, -0.05) is 65.4 Å². The summed E-state index contributed by atoms with van der Waals surface area (Å²) in [5, 5.41) is 0.416. The molecule has 1 aromatic heterocycles. The number of rotatable bonds is 6. The minimum atomic E-state index is -0.786. The van der Waals surface area contributed by atoms with Crippen molar-refractivity contribution in [2.24, 2.45) is 4.99 Å². The van der Waals surface area contributed by atoms with Gasteiger partial charge in [-0.2, -0.15) is 0 Å². The van der Waals surface area contributed by atoms with Gasteiger partial charge in [0.2, 0.25) is 6.79 Å². The van der Waals surface area contributed by atoms with Crippen molar-refractivity contribution in [3.8, 4) is 17.2 Å². The maximum absolute atomic E-state index is 14.0. The molecule has 2 aliphatic heterocycles. The molecule has 3 aromatic carbocycles. The van der Waals surface area contributed by atoms with Gasteiger partial charge in [0.05, 0.1) is 40.6 Å². The van der Waals surface area contributed by atoms with Gasteiger partial charge in [0.15, 0.2) is 16.3 Å². The summed E-state index contributed by atoms with van der Waals surface area (Å²) in [5.74, 6) is 1.21. The molecule has 0 unspecified atom stereocenters. The van der Waals surface area contributed by atoms with E-state index < -0.39 is 12.0 Å². The molecule has 10 heteroatoms. The van der Waals surface area contributed by atoms with E-state index in [4.69, 9.17) is 35.5 Å². The summed E-state index contributed by atoms with van der Waals surface area (Å²) < 4.78 is 23.7. The van der Waals surface area contributed by atoms with Crippen molar-refractivity contribution in [2.45, 2.75) is 13.0 Å². The molecule has 0 fully saturated rings. The molecular weight excluding hydrogens is 552 g/mol. The number of carbonyl (C=O) groups is 1. The van der Waals surface area contributed by atoms with E-state index in [1.165, 1.54) is 15.9 Å². The zero-order valence-electron chi connectivity index (χ0n) is 21.5. The third kappa shape index (κ3) is 4.57. The molecule has 2 aliphatic rings. The molecule has 40 heavy (non-hydrogen) atoms. The smallest absolute Gasteiger partial charge is 0.338 e. The van der Waals surface area contributed by atoms with Gasteiger partial charge in [0, 0.05) is 11.6 Å². The van der Waals surface area contributed by atoms with Crippen LogP contribution in [0, 0.1) is 0 Å². The number of aromatic nitrogens is 1. The average molecular weight is 575 g/mol. The molecule has 4 aromatic rings. The second-order valence-corrected chi connectivity index (χ2v) is 10.3. The normalized spacial score (nSPS) is 16.0. The first-order valence-electron chi connectivity index (χ1n) is 12.5. The van der Waals surface area contributed by atoms with Crippen molar-refractivity contribution < 1.29 is 23.7 Å². The molecule has 0 saturated carbocycles. The second kappa shape index (κ2) is 10.7. The van der Waals surface area contributed by atoms with Crippen LogP contribution in [0.4, 0.5) is 0 Å². The van der Waals surface area contributed by atoms with Crippen LogP contribution in [0.25, 0.3) is 11.8 Å². The molecule has 0 radical (unpaired) electrons. The molecule has 0 bridgehead atoms. The third-order valence-electron chi connectivity index (χ3n) is 6.58. The molecule has 6 rings (SSSR count). The fraction of sp³-hybridized carbons (Fsp3) is 0.167. The zero-order valence-corrected chi connectivity index (χ0v) is 23.1. The fourth-order valence-corrected chi connectivity index (χ4v) is 5.93. The van der Waals surface area contributed by atoms with Gasteiger partial charge in [0.1, 0.15) is 5.75 Å². The Hall–Kier alpha value is -4.34. The quantitative estimate of drug-likeness (QED) is 0.319. The highest BCUT2D eigenvalue weighted by Crippen LogP contribution is 2.38. The van der Waals surface area contributed by atoms with Crippen LogP contribution in [0.5, 0.6) is 17.2 Å². The van der Waals surface area contributed by atoms with Gasteiger partial charge in [-0.15, -0.1) is 0 Å². The Kier molecular flexibility index (Phi) is 6.91. The van der Waals surface area contributed by atoms with E-state index in [0.717, 1.165) is 5.56 Å². The Balaban J connectivity index is 1.62. The lowest BCUT2D eigenvalue weighted by atomic mass is 9.93. The van der Waals surface area contributed by atoms with Crippen molar-refractivity contribution in [1.82, 2.24) is 4.57 Å². The summed E-state index contributed by atoms with van der Waals surface area (Å²) >= 11 is 7.73. The summed E-state index contributed by atoms with van der Waals surface area (Å²) in [6.45, 7) is 2.03. The maximum Gasteiger partial charge on any atom is 0.338 e. The maximum atomic E-state index is 14.0. The van der Waals surface area contributed by atoms with E-state index in [2.05, 4.69) is 0 Å². The predicted octanol–water partition coefficient (Wildman–Crippen LogP) is 4.33. The van der Waals surface area contributed by atoms with Crippen LogP contribution < -0.4 is 29.1 Å². The minimum Gasteiger partial charge on any atom is -0.497 e. The number of thiazole rings is 1. The Morgan fingerprint density at radius 1 is 1.12 bits per heavy atom. The number of methoxy groups -OCH3 is 1. The Bertz CT molecular complexity index is 1830. The van der Waals surface area contributed by atoms with Crippen molar-refractivity contribution in [3.05, 3.63) is 114 Å². The Labute approximate surface area is 238 Å². The number of hydrogen-bond donors (Lipinski definition) is 0. The van der Waals surface area contributed by atoms with Crippen LogP contribution in [0.2, 0.25) is 5.02 Å². The van der Waals surface area contributed by atoms with Crippen LogP contribution in [0.1, 0.15) is 29.7 Å². The lowest BCUT2D eigenvalue weighted by Gasteiger charge is -2.26. The lowest BCUT2D eigenvalue weighted by molar-refractivity contribution is -0.138. The molecule has 8 nitrogen and oxygen atoms in total. The summed E-state index contributed by atoms with van der Waals surface area (Å²) in [4.78, 5) is 32.9. The number of nitrogens with zero attached hydrogens (tertiary/aromatic N) is 2. The first-order chi connectivity index (χ1) is 19.5. The second-order valence-electron chi connectivity index (χ2n) is 8.93.